The molecule has 0 spiro atoms. The molecule has 0 aliphatic rings. The molecule has 0 aliphatic carbocycles. The van der Waals surface area contributed by atoms with E-state index >= 15 is 0 Å². The van der Waals surface area contributed by atoms with Gasteiger partial charge in [-0.05, 0) is 47.9 Å². The quantitative estimate of drug-likeness (QED) is 0.389. The van der Waals surface area contributed by atoms with Crippen LogP contribution in [0.4, 0.5) is 5.69 Å². The molecule has 0 aliphatic heterocycles. The molecule has 0 fully saturated rings. The van der Waals surface area contributed by atoms with E-state index in [1.807, 2.05) is 44.1 Å². The summed E-state index contributed by atoms with van der Waals surface area (Å²) in [7, 11) is 3.85. The van der Waals surface area contributed by atoms with Gasteiger partial charge in [-0.2, -0.15) is 5.26 Å². The van der Waals surface area contributed by atoms with Crippen LogP contribution in [-0.2, 0) is 4.79 Å². The van der Waals surface area contributed by atoms with Crippen LogP contribution in [0.2, 0.25) is 0 Å². The summed E-state index contributed by atoms with van der Waals surface area (Å²) in [6.45, 7) is 1.89. The third-order valence-corrected chi connectivity index (χ3v) is 4.75. The summed E-state index contributed by atoms with van der Waals surface area (Å²) < 4.78 is 5.52. The highest BCUT2D eigenvalue weighted by Gasteiger charge is 2.10. The molecule has 1 N–H and O–H groups in total. The Labute approximate surface area is 173 Å². The summed E-state index contributed by atoms with van der Waals surface area (Å²) in [5.41, 5.74) is 3.48. The Kier molecular flexibility index (Phi) is 5.84. The zero-order chi connectivity index (χ0) is 21.8. The van der Waals surface area contributed by atoms with Crippen molar-refractivity contribution in [2.75, 3.05) is 19.0 Å². The average molecular weight is 400 g/mol. The van der Waals surface area contributed by atoms with Gasteiger partial charge in [0.2, 0.25) is 0 Å². The molecule has 3 rings (SSSR count). The van der Waals surface area contributed by atoms with Crippen LogP contribution < -0.4 is 10.5 Å². The zero-order valence-corrected chi connectivity index (χ0v) is 16.8. The first-order valence-electron chi connectivity index (χ1n) is 9.18. The van der Waals surface area contributed by atoms with Crippen LogP contribution in [0.15, 0.2) is 57.2 Å². The monoisotopic (exact) mass is 400 g/mol. The largest absolute Gasteiger partial charge is 0.477 e. The van der Waals surface area contributed by atoms with Crippen LogP contribution in [-0.4, -0.2) is 25.2 Å². The third-order valence-electron chi connectivity index (χ3n) is 4.75. The molecule has 0 atom stereocenters. The number of nitriles is 1. The van der Waals surface area contributed by atoms with Crippen molar-refractivity contribution < 1.29 is 14.3 Å². The summed E-state index contributed by atoms with van der Waals surface area (Å²) in [6.07, 6.45) is 4.80. The van der Waals surface area contributed by atoms with E-state index in [1.54, 1.807) is 42.5 Å². The first kappa shape index (κ1) is 20.6. The number of carbonyl (C=O) groups is 1. The Hall–Kier alpha value is -4.11. The van der Waals surface area contributed by atoms with Crippen LogP contribution in [0.5, 0.6) is 0 Å². The number of carboxylic acid groups (broad SMARTS) is 1. The molecule has 150 valence electrons. The predicted octanol–water partition coefficient (Wildman–Crippen LogP) is 4.33. The highest BCUT2D eigenvalue weighted by Crippen LogP contribution is 2.25. The highest BCUT2D eigenvalue weighted by atomic mass is 16.4. The third kappa shape index (κ3) is 4.31. The molecule has 1 aromatic heterocycles. The molecule has 6 heteroatoms. The van der Waals surface area contributed by atoms with E-state index in [0.717, 1.165) is 22.2 Å². The minimum atomic E-state index is -1.27. The van der Waals surface area contributed by atoms with E-state index in [2.05, 4.69) is 0 Å². The molecule has 2 aromatic carbocycles. The van der Waals surface area contributed by atoms with Gasteiger partial charge in [0.15, 0.2) is 0 Å². The van der Waals surface area contributed by atoms with Crippen LogP contribution in [0.1, 0.15) is 22.3 Å². The van der Waals surface area contributed by atoms with E-state index in [1.165, 1.54) is 6.08 Å². The number of hydrogen-bond acceptors (Lipinski definition) is 5. The minimum absolute atomic E-state index is 0.333. The lowest BCUT2D eigenvalue weighted by molar-refractivity contribution is -0.132. The summed E-state index contributed by atoms with van der Waals surface area (Å²) in [6, 6.07) is 14.4. The second-order valence-electron chi connectivity index (χ2n) is 6.98. The van der Waals surface area contributed by atoms with E-state index in [-0.39, 0.29) is 5.57 Å². The number of anilines is 1. The van der Waals surface area contributed by atoms with Gasteiger partial charge in [-0.1, -0.05) is 30.3 Å². The highest BCUT2D eigenvalue weighted by molar-refractivity contribution is 5.96. The van der Waals surface area contributed by atoms with Crippen molar-refractivity contribution in [2.45, 2.75) is 6.92 Å². The first-order valence-corrected chi connectivity index (χ1v) is 9.18. The van der Waals surface area contributed by atoms with Gasteiger partial charge in [0.05, 0.1) is 5.56 Å². The zero-order valence-electron chi connectivity index (χ0n) is 16.8. The summed E-state index contributed by atoms with van der Waals surface area (Å²) in [5, 5.41) is 18.6. The fourth-order valence-corrected chi connectivity index (χ4v) is 3.02. The normalized spacial score (nSPS) is 11.6. The topological polar surface area (TPSA) is 94.5 Å². The maximum absolute atomic E-state index is 12.5. The number of rotatable bonds is 5. The van der Waals surface area contributed by atoms with Crippen molar-refractivity contribution in [1.29, 1.82) is 5.26 Å². The molecule has 0 radical (unpaired) electrons. The number of fused-ring (bicyclic) bond motifs is 1. The summed E-state index contributed by atoms with van der Waals surface area (Å²) >= 11 is 0. The van der Waals surface area contributed by atoms with Crippen LogP contribution >= 0.6 is 0 Å². The molecule has 1 heterocycles. The van der Waals surface area contributed by atoms with Gasteiger partial charge < -0.3 is 14.4 Å². The summed E-state index contributed by atoms with van der Waals surface area (Å²) in [5.74, 6) is -1.27. The predicted molar refractivity (Wildman–Crippen MR) is 118 cm³/mol. The molecule has 30 heavy (non-hydrogen) atoms. The smallest absolute Gasteiger partial charge is 0.346 e. The van der Waals surface area contributed by atoms with Gasteiger partial charge in [0, 0.05) is 31.2 Å². The SMILES string of the molecule is Cc1c(/C=C/c2ccc(C=C(C#N)C(=O)O)cc2)c(=O)oc2cc(N(C)C)ccc12. The van der Waals surface area contributed by atoms with E-state index < -0.39 is 11.6 Å². The second kappa shape index (κ2) is 8.50. The number of nitrogens with zero attached hydrogens (tertiary/aromatic N) is 2. The second-order valence-corrected chi connectivity index (χ2v) is 6.98. The van der Waals surface area contributed by atoms with Crippen molar-refractivity contribution in [3.63, 3.8) is 0 Å². The van der Waals surface area contributed by atoms with Crippen molar-refractivity contribution in [3.05, 3.63) is 80.7 Å². The number of aryl methyl sites for hydroxylation is 1. The lowest BCUT2D eigenvalue weighted by atomic mass is 10.0. The Morgan fingerprint density at radius 2 is 1.77 bits per heavy atom. The molecule has 6 nitrogen and oxygen atoms in total. The molecule has 0 saturated carbocycles. The molecular formula is C24H20N2O4. The van der Waals surface area contributed by atoms with Gasteiger partial charge in [-0.25, -0.2) is 9.59 Å². The molecular weight excluding hydrogens is 380 g/mol. The Morgan fingerprint density at radius 1 is 1.10 bits per heavy atom. The molecule has 0 saturated heterocycles. The first-order chi connectivity index (χ1) is 14.3. The van der Waals surface area contributed by atoms with Crippen LogP contribution in [0.25, 0.3) is 29.2 Å². The molecule has 0 bridgehead atoms. The van der Waals surface area contributed by atoms with Crippen molar-refractivity contribution in [1.82, 2.24) is 0 Å². The standard InChI is InChI=1S/C24H20N2O4/c1-15-20-11-9-19(26(2)3)13-22(20)30-24(29)21(15)10-8-16-4-6-17(7-5-16)12-18(14-25)23(27)28/h4-13H,1-3H3,(H,27,28)/b10-8+,18-12?. The van der Waals surface area contributed by atoms with E-state index in [9.17, 15) is 9.59 Å². The van der Waals surface area contributed by atoms with E-state index in [4.69, 9.17) is 14.8 Å². The molecule has 0 unspecified atom stereocenters. The van der Waals surface area contributed by atoms with Crippen molar-refractivity contribution >= 4 is 40.9 Å². The fraction of sp³-hybridized carbons (Fsp3) is 0.125. The van der Waals surface area contributed by atoms with Gasteiger partial charge in [-0.3, -0.25) is 0 Å². The molecule has 3 aromatic rings. The lowest BCUT2D eigenvalue weighted by Crippen LogP contribution is -2.09. The number of hydrogen-bond donors (Lipinski definition) is 1. The van der Waals surface area contributed by atoms with Crippen LogP contribution in [0.3, 0.4) is 0 Å². The van der Waals surface area contributed by atoms with E-state index in [0.29, 0.717) is 16.7 Å². The Bertz CT molecular complexity index is 1270. The average Bonchev–Trinajstić information content (AvgIpc) is 2.72. The van der Waals surface area contributed by atoms with Gasteiger partial charge >= 0.3 is 11.6 Å². The Morgan fingerprint density at radius 3 is 2.37 bits per heavy atom. The molecule has 0 amide bonds. The van der Waals surface area contributed by atoms with Crippen LogP contribution in [0, 0.1) is 18.3 Å². The maximum atomic E-state index is 12.5. The number of benzene rings is 2. The summed E-state index contributed by atoms with van der Waals surface area (Å²) in [4.78, 5) is 25.4. The Balaban J connectivity index is 1.92. The minimum Gasteiger partial charge on any atom is -0.477 e. The van der Waals surface area contributed by atoms with Gasteiger partial charge in [0.25, 0.3) is 0 Å². The maximum Gasteiger partial charge on any atom is 0.346 e. The van der Waals surface area contributed by atoms with Crippen molar-refractivity contribution in [2.24, 2.45) is 0 Å². The van der Waals surface area contributed by atoms with Gasteiger partial charge in [-0.15, -0.1) is 0 Å². The fourth-order valence-electron chi connectivity index (χ4n) is 3.02. The van der Waals surface area contributed by atoms with Crippen molar-refractivity contribution in [3.8, 4) is 6.07 Å². The number of carboxylic acids is 1. The lowest BCUT2D eigenvalue weighted by Gasteiger charge is -2.13. The number of aliphatic carboxylic acids is 1. The van der Waals surface area contributed by atoms with Gasteiger partial charge in [0.1, 0.15) is 17.2 Å².